The molecule has 0 radical (unpaired) electrons. The maximum absolute atomic E-state index is 10.1. The summed E-state index contributed by atoms with van der Waals surface area (Å²) in [6.45, 7) is 0. The number of benzene rings is 1. The van der Waals surface area contributed by atoms with Gasteiger partial charge in [0.25, 0.3) is 0 Å². The van der Waals surface area contributed by atoms with Crippen LogP contribution < -0.4 is 61.2 Å². The normalized spacial score (nSPS) is 9.50. The SMILES string of the molecule is COc1ccccc1/C=C/C(=O)[O-].[K+]. The second kappa shape index (κ2) is 7.20. The third kappa shape index (κ3) is 4.39. The molecule has 0 fully saturated rings. The number of carboxylic acid groups (broad SMARTS) is 1. The molecule has 0 amide bonds. The number of para-hydroxylation sites is 1. The number of hydrogen-bond donors (Lipinski definition) is 0. The van der Waals surface area contributed by atoms with Crippen molar-refractivity contribution in [3.05, 3.63) is 35.9 Å². The largest absolute Gasteiger partial charge is 1.00 e. The number of hydrogen-bond acceptors (Lipinski definition) is 3. The van der Waals surface area contributed by atoms with Gasteiger partial charge in [0.15, 0.2) is 0 Å². The van der Waals surface area contributed by atoms with Crippen molar-refractivity contribution in [2.75, 3.05) is 7.11 Å². The molecule has 0 saturated carbocycles. The second-order valence-corrected chi connectivity index (χ2v) is 2.39. The third-order valence-electron chi connectivity index (χ3n) is 1.54. The van der Waals surface area contributed by atoms with Crippen molar-refractivity contribution in [2.45, 2.75) is 0 Å². The van der Waals surface area contributed by atoms with Gasteiger partial charge in [0.05, 0.1) is 13.1 Å². The molecule has 0 bridgehead atoms. The summed E-state index contributed by atoms with van der Waals surface area (Å²) in [5.74, 6) is -0.578. The maximum Gasteiger partial charge on any atom is 1.00 e. The van der Waals surface area contributed by atoms with E-state index in [0.717, 1.165) is 6.08 Å². The van der Waals surface area contributed by atoms with Crippen LogP contribution >= 0.6 is 0 Å². The van der Waals surface area contributed by atoms with Gasteiger partial charge in [-0.25, -0.2) is 0 Å². The molecule has 0 aromatic heterocycles. The molecular formula is C10H9KO3. The van der Waals surface area contributed by atoms with Crippen LogP contribution in [0.25, 0.3) is 6.08 Å². The average Bonchev–Trinajstić information content (AvgIpc) is 2.15. The molecule has 3 nitrogen and oxygen atoms in total. The van der Waals surface area contributed by atoms with Crippen LogP contribution in [0.4, 0.5) is 0 Å². The zero-order chi connectivity index (χ0) is 9.68. The number of rotatable bonds is 3. The van der Waals surface area contributed by atoms with Crippen LogP contribution in [0, 0.1) is 0 Å². The molecule has 14 heavy (non-hydrogen) atoms. The number of carboxylic acids is 1. The molecule has 1 aromatic rings. The Kier molecular flexibility index (Phi) is 7.13. The predicted molar refractivity (Wildman–Crippen MR) is 47.0 cm³/mol. The molecule has 1 rings (SSSR count). The van der Waals surface area contributed by atoms with Gasteiger partial charge in [0.2, 0.25) is 0 Å². The third-order valence-corrected chi connectivity index (χ3v) is 1.54. The first-order chi connectivity index (χ1) is 6.24. The molecule has 1 aromatic carbocycles. The maximum atomic E-state index is 10.1. The summed E-state index contributed by atoms with van der Waals surface area (Å²) in [7, 11) is 1.53. The first-order valence-electron chi connectivity index (χ1n) is 3.76. The fourth-order valence-corrected chi connectivity index (χ4v) is 0.962. The Morgan fingerprint density at radius 1 is 1.43 bits per heavy atom. The number of carbonyl (C=O) groups excluding carboxylic acids is 1. The molecule has 0 saturated heterocycles. The average molecular weight is 216 g/mol. The van der Waals surface area contributed by atoms with Crippen LogP contribution in [0.5, 0.6) is 5.75 Å². The minimum absolute atomic E-state index is 0. The quantitative estimate of drug-likeness (QED) is 0.413. The molecule has 0 aliphatic heterocycles. The standard InChI is InChI=1S/C10H10O3.K/c1-13-9-5-3-2-4-8(9)6-7-10(11)12;/h2-7H,1H3,(H,11,12);/q;+1/p-1/b7-6+;. The molecular weight excluding hydrogens is 207 g/mol. The Balaban J connectivity index is 0.00000169. The monoisotopic (exact) mass is 216 g/mol. The molecule has 4 heteroatoms. The molecule has 68 valence electrons. The van der Waals surface area contributed by atoms with Gasteiger partial charge in [-0.05, 0) is 18.2 Å². The van der Waals surface area contributed by atoms with Crippen LogP contribution in [0.3, 0.4) is 0 Å². The predicted octanol–water partition coefficient (Wildman–Crippen LogP) is -2.54. The molecule has 0 N–H and O–H groups in total. The number of carbonyl (C=O) groups is 1. The van der Waals surface area contributed by atoms with Gasteiger partial charge in [-0.1, -0.05) is 18.2 Å². The van der Waals surface area contributed by atoms with E-state index in [1.807, 2.05) is 6.07 Å². The second-order valence-electron chi connectivity index (χ2n) is 2.39. The van der Waals surface area contributed by atoms with Crippen LogP contribution in [0.2, 0.25) is 0 Å². The summed E-state index contributed by atoms with van der Waals surface area (Å²) in [5, 5.41) is 10.1. The molecule has 0 aliphatic carbocycles. The molecule has 0 unspecified atom stereocenters. The van der Waals surface area contributed by atoms with Crippen LogP contribution in [-0.4, -0.2) is 13.1 Å². The summed E-state index contributed by atoms with van der Waals surface area (Å²) in [5.41, 5.74) is 0.717. The van der Waals surface area contributed by atoms with Crippen molar-refractivity contribution < 1.29 is 66.0 Å². The van der Waals surface area contributed by atoms with Gasteiger partial charge in [-0.15, -0.1) is 0 Å². The van der Waals surface area contributed by atoms with Crippen molar-refractivity contribution in [3.63, 3.8) is 0 Å². The summed E-state index contributed by atoms with van der Waals surface area (Å²) in [6.07, 6.45) is 2.41. The smallest absolute Gasteiger partial charge is 0.545 e. The van der Waals surface area contributed by atoms with Crippen LogP contribution in [0.1, 0.15) is 5.56 Å². The Hall–Kier alpha value is -0.134. The van der Waals surface area contributed by atoms with E-state index in [0.29, 0.717) is 11.3 Å². The van der Waals surface area contributed by atoms with Crippen molar-refractivity contribution in [1.82, 2.24) is 0 Å². The first-order valence-corrected chi connectivity index (χ1v) is 3.76. The van der Waals surface area contributed by atoms with E-state index < -0.39 is 5.97 Å². The van der Waals surface area contributed by atoms with E-state index in [1.165, 1.54) is 13.2 Å². The van der Waals surface area contributed by atoms with E-state index in [-0.39, 0.29) is 51.4 Å². The zero-order valence-corrected chi connectivity index (χ0v) is 11.3. The van der Waals surface area contributed by atoms with Crippen LogP contribution in [-0.2, 0) is 4.79 Å². The number of methoxy groups -OCH3 is 1. The van der Waals surface area contributed by atoms with E-state index in [1.54, 1.807) is 18.2 Å². The first kappa shape index (κ1) is 13.9. The molecule has 0 aliphatic rings. The summed E-state index contributed by atoms with van der Waals surface area (Å²) < 4.78 is 5.01. The fraction of sp³-hybridized carbons (Fsp3) is 0.100. The number of aliphatic carboxylic acids is 1. The van der Waals surface area contributed by atoms with Gasteiger partial charge >= 0.3 is 51.4 Å². The number of ether oxygens (including phenoxy) is 1. The Bertz CT molecular complexity index is 334. The van der Waals surface area contributed by atoms with Crippen LogP contribution in [0.15, 0.2) is 30.3 Å². The van der Waals surface area contributed by atoms with Crippen molar-refractivity contribution in [1.29, 1.82) is 0 Å². The molecule has 0 atom stereocenters. The Morgan fingerprint density at radius 2 is 2.07 bits per heavy atom. The summed E-state index contributed by atoms with van der Waals surface area (Å²) >= 11 is 0. The summed E-state index contributed by atoms with van der Waals surface area (Å²) in [4.78, 5) is 10.1. The van der Waals surface area contributed by atoms with E-state index >= 15 is 0 Å². The zero-order valence-electron chi connectivity index (χ0n) is 8.19. The Labute approximate surface area is 125 Å². The Morgan fingerprint density at radius 3 is 2.64 bits per heavy atom. The summed E-state index contributed by atoms with van der Waals surface area (Å²) in [6, 6.07) is 7.14. The van der Waals surface area contributed by atoms with Gasteiger partial charge < -0.3 is 14.6 Å². The minimum atomic E-state index is -1.22. The van der Waals surface area contributed by atoms with Crippen molar-refractivity contribution in [3.8, 4) is 5.75 Å². The van der Waals surface area contributed by atoms with Gasteiger partial charge in [-0.3, -0.25) is 0 Å². The van der Waals surface area contributed by atoms with Gasteiger partial charge in [-0.2, -0.15) is 0 Å². The van der Waals surface area contributed by atoms with E-state index in [4.69, 9.17) is 4.74 Å². The van der Waals surface area contributed by atoms with E-state index in [2.05, 4.69) is 0 Å². The van der Waals surface area contributed by atoms with Crippen molar-refractivity contribution in [2.24, 2.45) is 0 Å². The van der Waals surface area contributed by atoms with Gasteiger partial charge in [0, 0.05) is 5.56 Å². The molecule has 0 heterocycles. The molecule has 0 spiro atoms. The minimum Gasteiger partial charge on any atom is -0.545 e. The van der Waals surface area contributed by atoms with Gasteiger partial charge in [0.1, 0.15) is 5.75 Å². The van der Waals surface area contributed by atoms with E-state index in [9.17, 15) is 9.90 Å². The van der Waals surface area contributed by atoms with Crippen molar-refractivity contribution >= 4 is 12.0 Å². The topological polar surface area (TPSA) is 49.4 Å². The fourth-order valence-electron chi connectivity index (χ4n) is 0.962.